The average molecular weight is 278 g/mol. The van der Waals surface area contributed by atoms with Crippen molar-refractivity contribution in [3.63, 3.8) is 0 Å². The van der Waals surface area contributed by atoms with Crippen LogP contribution in [-0.4, -0.2) is 49.2 Å². The highest BCUT2D eigenvalue weighted by Crippen LogP contribution is 2.30. The summed E-state index contributed by atoms with van der Waals surface area (Å²) in [6.07, 6.45) is 0. The topological polar surface area (TPSA) is 53.0 Å². The van der Waals surface area contributed by atoms with Gasteiger partial charge >= 0.3 is 0 Å². The van der Waals surface area contributed by atoms with Crippen LogP contribution in [0.2, 0.25) is 0 Å². The second kappa shape index (κ2) is 6.03. The molecule has 0 atom stereocenters. The molecule has 1 amide bonds. The van der Waals surface area contributed by atoms with Gasteiger partial charge < -0.3 is 19.6 Å². The average Bonchev–Trinajstić information content (AvgIpc) is 2.46. The fourth-order valence-electron chi connectivity index (χ4n) is 2.43. The molecule has 0 spiro atoms. The van der Waals surface area contributed by atoms with E-state index in [1.54, 1.807) is 12.1 Å². The molecule has 0 aliphatic carbocycles. The quantitative estimate of drug-likeness (QED) is 0.914. The van der Waals surface area contributed by atoms with E-state index < -0.39 is 0 Å². The number of aromatic hydroxyl groups is 1. The smallest absolute Gasteiger partial charge is 0.225 e. The van der Waals surface area contributed by atoms with Gasteiger partial charge in [0.15, 0.2) is 11.5 Å². The van der Waals surface area contributed by atoms with E-state index in [-0.39, 0.29) is 17.6 Å². The van der Waals surface area contributed by atoms with Crippen LogP contribution in [0.25, 0.3) is 0 Å². The molecule has 1 aromatic rings. The lowest BCUT2D eigenvalue weighted by atomic mass is 10.1. The van der Waals surface area contributed by atoms with E-state index >= 15 is 0 Å². The number of carbonyl (C=O) groups is 1. The first-order valence-corrected chi connectivity index (χ1v) is 6.93. The molecule has 5 heteroatoms. The monoisotopic (exact) mass is 278 g/mol. The SMILES string of the molecule is COc1ccc(N2CCN(C(=O)C(C)C)CC2)cc1O. The van der Waals surface area contributed by atoms with Gasteiger partial charge in [0, 0.05) is 43.9 Å². The van der Waals surface area contributed by atoms with Crippen molar-refractivity contribution in [2.75, 3.05) is 38.2 Å². The van der Waals surface area contributed by atoms with Gasteiger partial charge in [0.05, 0.1) is 7.11 Å². The van der Waals surface area contributed by atoms with Gasteiger partial charge in [0.25, 0.3) is 0 Å². The highest BCUT2D eigenvalue weighted by molar-refractivity contribution is 5.78. The molecule has 1 aliphatic heterocycles. The second-order valence-corrected chi connectivity index (χ2v) is 5.32. The molecule has 1 heterocycles. The minimum Gasteiger partial charge on any atom is -0.504 e. The van der Waals surface area contributed by atoms with Crippen LogP contribution in [0.15, 0.2) is 18.2 Å². The molecule has 0 radical (unpaired) electrons. The molecular weight excluding hydrogens is 256 g/mol. The summed E-state index contributed by atoms with van der Waals surface area (Å²) in [5.41, 5.74) is 0.958. The van der Waals surface area contributed by atoms with Crippen LogP contribution >= 0.6 is 0 Å². The predicted octanol–water partition coefficient (Wildman–Crippen LogP) is 1.71. The molecule has 0 unspecified atom stereocenters. The van der Waals surface area contributed by atoms with Gasteiger partial charge in [-0.15, -0.1) is 0 Å². The van der Waals surface area contributed by atoms with Gasteiger partial charge in [-0.2, -0.15) is 0 Å². The maximum atomic E-state index is 11.9. The third-order valence-electron chi connectivity index (χ3n) is 3.61. The molecule has 110 valence electrons. The molecule has 5 nitrogen and oxygen atoms in total. The lowest BCUT2D eigenvalue weighted by Gasteiger charge is -2.37. The Kier molecular flexibility index (Phi) is 4.37. The Hall–Kier alpha value is -1.91. The molecule has 1 aliphatic rings. The van der Waals surface area contributed by atoms with Gasteiger partial charge in [-0.3, -0.25) is 4.79 Å². The molecule has 0 bridgehead atoms. The van der Waals surface area contributed by atoms with Gasteiger partial charge in [-0.05, 0) is 12.1 Å². The van der Waals surface area contributed by atoms with Crippen LogP contribution in [0.1, 0.15) is 13.8 Å². The van der Waals surface area contributed by atoms with Crippen molar-refractivity contribution in [2.45, 2.75) is 13.8 Å². The van der Waals surface area contributed by atoms with Gasteiger partial charge in [-0.25, -0.2) is 0 Å². The molecular formula is C15H22N2O3. The number of rotatable bonds is 3. The Morgan fingerprint density at radius 2 is 1.90 bits per heavy atom. The summed E-state index contributed by atoms with van der Waals surface area (Å²) in [5.74, 6) is 0.877. The van der Waals surface area contributed by atoms with Crippen LogP contribution in [0.5, 0.6) is 11.5 Å². The number of piperazine rings is 1. The van der Waals surface area contributed by atoms with Crippen LogP contribution < -0.4 is 9.64 Å². The molecule has 1 aromatic carbocycles. The zero-order valence-electron chi connectivity index (χ0n) is 12.3. The Labute approximate surface area is 119 Å². The van der Waals surface area contributed by atoms with E-state index in [0.717, 1.165) is 31.9 Å². The predicted molar refractivity (Wildman–Crippen MR) is 78.3 cm³/mol. The summed E-state index contributed by atoms with van der Waals surface area (Å²) >= 11 is 0. The first kappa shape index (κ1) is 14.5. The fraction of sp³-hybridized carbons (Fsp3) is 0.533. The largest absolute Gasteiger partial charge is 0.504 e. The van der Waals surface area contributed by atoms with E-state index in [2.05, 4.69) is 4.90 Å². The summed E-state index contributed by atoms with van der Waals surface area (Å²) in [4.78, 5) is 16.0. The van der Waals surface area contributed by atoms with Crippen molar-refractivity contribution in [1.29, 1.82) is 0 Å². The van der Waals surface area contributed by atoms with Crippen molar-refractivity contribution < 1.29 is 14.6 Å². The van der Waals surface area contributed by atoms with Crippen molar-refractivity contribution in [3.05, 3.63) is 18.2 Å². The molecule has 0 aromatic heterocycles. The summed E-state index contributed by atoms with van der Waals surface area (Å²) in [6.45, 7) is 6.87. The summed E-state index contributed by atoms with van der Waals surface area (Å²) in [5, 5.41) is 9.82. The zero-order chi connectivity index (χ0) is 14.7. The van der Waals surface area contributed by atoms with E-state index in [9.17, 15) is 9.90 Å². The number of anilines is 1. The number of phenolic OH excluding ortho intramolecular Hbond substituents is 1. The van der Waals surface area contributed by atoms with Crippen molar-refractivity contribution in [1.82, 2.24) is 4.90 Å². The lowest BCUT2D eigenvalue weighted by Crippen LogP contribution is -2.49. The molecule has 1 fully saturated rings. The Morgan fingerprint density at radius 3 is 2.40 bits per heavy atom. The van der Waals surface area contributed by atoms with Crippen LogP contribution in [0.3, 0.4) is 0 Å². The number of benzene rings is 1. The van der Waals surface area contributed by atoms with Gasteiger partial charge in [-0.1, -0.05) is 13.8 Å². The third kappa shape index (κ3) is 2.98. The molecule has 0 saturated carbocycles. The minimum atomic E-state index is 0.0478. The Balaban J connectivity index is 2.00. The first-order valence-electron chi connectivity index (χ1n) is 6.93. The Morgan fingerprint density at radius 1 is 1.25 bits per heavy atom. The van der Waals surface area contributed by atoms with Crippen LogP contribution in [0, 0.1) is 5.92 Å². The number of phenols is 1. The standard InChI is InChI=1S/C15H22N2O3/c1-11(2)15(19)17-8-6-16(7-9-17)12-4-5-14(20-3)13(18)10-12/h4-5,10-11,18H,6-9H2,1-3H3. The number of hydrogen-bond donors (Lipinski definition) is 1. The molecule has 1 N–H and O–H groups in total. The first-order chi connectivity index (χ1) is 9.52. The number of nitrogens with zero attached hydrogens (tertiary/aromatic N) is 2. The maximum Gasteiger partial charge on any atom is 0.225 e. The summed E-state index contributed by atoms with van der Waals surface area (Å²) in [6, 6.07) is 5.40. The third-order valence-corrected chi connectivity index (χ3v) is 3.61. The highest BCUT2D eigenvalue weighted by Gasteiger charge is 2.23. The number of ether oxygens (including phenoxy) is 1. The van der Waals surface area contributed by atoms with Crippen molar-refractivity contribution in [2.24, 2.45) is 5.92 Å². The zero-order valence-corrected chi connectivity index (χ0v) is 12.3. The molecule has 1 saturated heterocycles. The van der Waals surface area contributed by atoms with Crippen molar-refractivity contribution in [3.8, 4) is 11.5 Å². The van der Waals surface area contributed by atoms with E-state index in [1.807, 2.05) is 24.8 Å². The van der Waals surface area contributed by atoms with E-state index in [4.69, 9.17) is 4.74 Å². The van der Waals surface area contributed by atoms with E-state index in [1.165, 1.54) is 7.11 Å². The van der Waals surface area contributed by atoms with E-state index in [0.29, 0.717) is 5.75 Å². The highest BCUT2D eigenvalue weighted by atomic mass is 16.5. The Bertz CT molecular complexity index is 480. The van der Waals surface area contributed by atoms with Gasteiger partial charge in [0.2, 0.25) is 5.91 Å². The number of carbonyl (C=O) groups excluding carboxylic acids is 1. The maximum absolute atomic E-state index is 11.9. The fourth-order valence-corrected chi connectivity index (χ4v) is 2.43. The summed E-state index contributed by atoms with van der Waals surface area (Å²) in [7, 11) is 1.53. The summed E-state index contributed by atoms with van der Waals surface area (Å²) < 4.78 is 5.04. The van der Waals surface area contributed by atoms with Crippen LogP contribution in [-0.2, 0) is 4.79 Å². The number of hydrogen-bond acceptors (Lipinski definition) is 4. The minimum absolute atomic E-state index is 0.0478. The number of methoxy groups -OCH3 is 1. The van der Waals surface area contributed by atoms with Gasteiger partial charge in [0.1, 0.15) is 0 Å². The lowest BCUT2D eigenvalue weighted by molar-refractivity contribution is -0.134. The normalized spacial score (nSPS) is 15.6. The molecule has 20 heavy (non-hydrogen) atoms. The second-order valence-electron chi connectivity index (χ2n) is 5.32. The molecule has 2 rings (SSSR count). The number of amides is 1. The van der Waals surface area contributed by atoms with Crippen molar-refractivity contribution >= 4 is 11.6 Å². The van der Waals surface area contributed by atoms with Crippen LogP contribution in [0.4, 0.5) is 5.69 Å².